The molecule has 4 rings (SSSR count). The van der Waals surface area contributed by atoms with E-state index in [-0.39, 0.29) is 6.04 Å². The Bertz CT molecular complexity index is 560. The van der Waals surface area contributed by atoms with Gasteiger partial charge in [-0.2, -0.15) is 0 Å². The van der Waals surface area contributed by atoms with Gasteiger partial charge in [0.2, 0.25) is 0 Å². The summed E-state index contributed by atoms with van der Waals surface area (Å²) in [7, 11) is 0. The van der Waals surface area contributed by atoms with E-state index in [0.717, 1.165) is 11.7 Å². The van der Waals surface area contributed by atoms with E-state index in [9.17, 15) is 0 Å². The Kier molecular flexibility index (Phi) is 2.15. The van der Waals surface area contributed by atoms with Crippen LogP contribution in [0.15, 0.2) is 47.1 Å². The molecule has 0 amide bonds. The van der Waals surface area contributed by atoms with E-state index in [1.54, 1.807) is 6.26 Å². The van der Waals surface area contributed by atoms with Gasteiger partial charge in [-0.1, -0.05) is 24.3 Å². The minimum atomic E-state index is 0.0566. The van der Waals surface area contributed by atoms with Gasteiger partial charge in [0.15, 0.2) is 0 Å². The molecule has 1 aromatic heterocycles. The third-order valence-corrected chi connectivity index (χ3v) is 4.68. The van der Waals surface area contributed by atoms with Crippen molar-refractivity contribution in [3.05, 3.63) is 59.5 Å². The average molecular weight is 239 g/mol. The van der Waals surface area contributed by atoms with E-state index in [0.29, 0.717) is 11.8 Å². The maximum absolute atomic E-state index is 6.37. The molecule has 0 bridgehead atoms. The van der Waals surface area contributed by atoms with Crippen molar-refractivity contribution in [3.63, 3.8) is 0 Å². The summed E-state index contributed by atoms with van der Waals surface area (Å²) in [6.07, 6.45) is 4.20. The third-order valence-electron chi connectivity index (χ3n) is 4.68. The molecule has 4 atom stereocenters. The lowest BCUT2D eigenvalue weighted by atomic mass is 9.92. The summed E-state index contributed by atoms with van der Waals surface area (Å²) in [6.45, 7) is 0. The van der Waals surface area contributed by atoms with Crippen molar-refractivity contribution in [2.75, 3.05) is 0 Å². The molecule has 2 aliphatic carbocycles. The first-order valence-electron chi connectivity index (χ1n) is 6.73. The molecule has 1 heterocycles. The van der Waals surface area contributed by atoms with Crippen molar-refractivity contribution >= 4 is 0 Å². The van der Waals surface area contributed by atoms with Gasteiger partial charge in [0.1, 0.15) is 5.76 Å². The summed E-state index contributed by atoms with van der Waals surface area (Å²) in [5.74, 6) is 2.93. The Balaban J connectivity index is 1.65. The van der Waals surface area contributed by atoms with Crippen LogP contribution in [0.1, 0.15) is 35.3 Å². The maximum atomic E-state index is 6.37. The molecular weight excluding hydrogens is 222 g/mol. The van der Waals surface area contributed by atoms with E-state index in [4.69, 9.17) is 10.2 Å². The smallest absolute Gasteiger partial charge is 0.120 e. The minimum absolute atomic E-state index is 0.0566. The first-order chi connectivity index (χ1) is 8.86. The second-order valence-electron chi connectivity index (χ2n) is 5.55. The fourth-order valence-corrected chi connectivity index (χ4v) is 3.78. The summed E-state index contributed by atoms with van der Waals surface area (Å²) in [4.78, 5) is 0. The second-order valence-corrected chi connectivity index (χ2v) is 5.55. The Morgan fingerprint density at radius 2 is 2.06 bits per heavy atom. The van der Waals surface area contributed by atoms with Crippen LogP contribution >= 0.6 is 0 Å². The fourth-order valence-electron chi connectivity index (χ4n) is 3.78. The summed E-state index contributed by atoms with van der Waals surface area (Å²) in [6, 6.07) is 12.8. The molecule has 92 valence electrons. The van der Waals surface area contributed by atoms with Crippen LogP contribution in [0.25, 0.3) is 0 Å². The number of aryl methyl sites for hydroxylation is 1. The number of furan rings is 1. The number of nitrogens with two attached hydrogens (primary N) is 1. The number of benzene rings is 1. The van der Waals surface area contributed by atoms with E-state index in [2.05, 4.69) is 24.3 Å². The first-order valence-corrected chi connectivity index (χ1v) is 6.73. The Hall–Kier alpha value is -1.54. The average Bonchev–Trinajstić information content (AvgIpc) is 2.89. The van der Waals surface area contributed by atoms with Crippen molar-refractivity contribution in [2.45, 2.75) is 24.8 Å². The molecular formula is C16H17NO. The number of hydrogen-bond acceptors (Lipinski definition) is 2. The highest BCUT2D eigenvalue weighted by Gasteiger charge is 2.56. The highest BCUT2D eigenvalue weighted by Crippen LogP contribution is 2.63. The zero-order valence-corrected chi connectivity index (χ0v) is 10.3. The van der Waals surface area contributed by atoms with Gasteiger partial charge in [0, 0.05) is 0 Å². The van der Waals surface area contributed by atoms with Gasteiger partial charge in [-0.05, 0) is 53.9 Å². The molecule has 18 heavy (non-hydrogen) atoms. The lowest BCUT2D eigenvalue weighted by Crippen LogP contribution is -2.13. The van der Waals surface area contributed by atoms with Crippen LogP contribution in [-0.2, 0) is 6.42 Å². The molecule has 2 N–H and O–H groups in total. The van der Waals surface area contributed by atoms with Crippen LogP contribution < -0.4 is 5.73 Å². The summed E-state index contributed by atoms with van der Waals surface area (Å²) in [5, 5.41) is 0. The fraction of sp³-hybridized carbons (Fsp3) is 0.375. The Morgan fingerprint density at radius 3 is 2.89 bits per heavy atom. The van der Waals surface area contributed by atoms with Gasteiger partial charge in [-0.15, -0.1) is 0 Å². The number of hydrogen-bond donors (Lipinski definition) is 1. The van der Waals surface area contributed by atoms with Crippen molar-refractivity contribution in [1.82, 2.24) is 0 Å². The van der Waals surface area contributed by atoms with Gasteiger partial charge in [0.25, 0.3) is 0 Å². The van der Waals surface area contributed by atoms with Crippen molar-refractivity contribution in [3.8, 4) is 0 Å². The number of rotatable bonds is 2. The third kappa shape index (κ3) is 1.39. The van der Waals surface area contributed by atoms with Crippen LogP contribution in [0, 0.1) is 11.8 Å². The van der Waals surface area contributed by atoms with E-state index < -0.39 is 0 Å². The van der Waals surface area contributed by atoms with Crippen molar-refractivity contribution < 1.29 is 4.42 Å². The second kappa shape index (κ2) is 3.72. The van der Waals surface area contributed by atoms with Crippen LogP contribution in [0.2, 0.25) is 0 Å². The van der Waals surface area contributed by atoms with Gasteiger partial charge in [-0.3, -0.25) is 0 Å². The maximum Gasteiger partial charge on any atom is 0.120 e. The van der Waals surface area contributed by atoms with Gasteiger partial charge in [-0.25, -0.2) is 0 Å². The standard InChI is InChI=1S/C16H17NO/c17-16(13-6-3-9-18-13)15-12-8-7-10-4-1-2-5-11(10)14(12)15/h1-6,9,12,14-16H,7-8,17H2. The largest absolute Gasteiger partial charge is 0.468 e. The van der Waals surface area contributed by atoms with Crippen LogP contribution in [-0.4, -0.2) is 0 Å². The summed E-state index contributed by atoms with van der Waals surface area (Å²) in [5.41, 5.74) is 9.42. The van der Waals surface area contributed by atoms with E-state index >= 15 is 0 Å². The lowest BCUT2D eigenvalue weighted by molar-refractivity contribution is 0.426. The molecule has 0 radical (unpaired) electrons. The molecule has 1 saturated carbocycles. The monoisotopic (exact) mass is 239 g/mol. The van der Waals surface area contributed by atoms with Crippen LogP contribution in [0.5, 0.6) is 0 Å². The normalized spacial score (nSPS) is 30.4. The van der Waals surface area contributed by atoms with E-state index in [1.807, 2.05) is 12.1 Å². The van der Waals surface area contributed by atoms with Gasteiger partial charge in [0.05, 0.1) is 12.3 Å². The SMILES string of the molecule is NC(c1ccco1)C1C2CCc3ccccc3C21. The highest BCUT2D eigenvalue weighted by atomic mass is 16.3. The zero-order chi connectivity index (χ0) is 12.1. The van der Waals surface area contributed by atoms with E-state index in [1.165, 1.54) is 24.0 Å². The molecule has 2 nitrogen and oxygen atoms in total. The predicted molar refractivity (Wildman–Crippen MR) is 70.1 cm³/mol. The molecule has 2 aromatic rings. The van der Waals surface area contributed by atoms with Gasteiger partial charge < -0.3 is 10.2 Å². The lowest BCUT2D eigenvalue weighted by Gasteiger charge is -2.13. The molecule has 0 saturated heterocycles. The first kappa shape index (κ1) is 10.4. The molecule has 0 aliphatic heterocycles. The topological polar surface area (TPSA) is 39.2 Å². The van der Waals surface area contributed by atoms with Crippen LogP contribution in [0.4, 0.5) is 0 Å². The van der Waals surface area contributed by atoms with Crippen LogP contribution in [0.3, 0.4) is 0 Å². The Morgan fingerprint density at radius 1 is 1.17 bits per heavy atom. The quantitative estimate of drug-likeness (QED) is 0.873. The minimum Gasteiger partial charge on any atom is -0.468 e. The van der Waals surface area contributed by atoms with Gasteiger partial charge >= 0.3 is 0 Å². The van der Waals surface area contributed by atoms with Crippen molar-refractivity contribution in [1.29, 1.82) is 0 Å². The molecule has 1 fully saturated rings. The summed E-state index contributed by atoms with van der Waals surface area (Å²) >= 11 is 0. The summed E-state index contributed by atoms with van der Waals surface area (Å²) < 4.78 is 5.47. The molecule has 4 unspecified atom stereocenters. The predicted octanol–water partition coefficient (Wildman–Crippen LogP) is 3.26. The molecule has 2 aliphatic rings. The Labute approximate surface area is 107 Å². The molecule has 0 spiro atoms. The molecule has 1 aromatic carbocycles. The zero-order valence-electron chi connectivity index (χ0n) is 10.3. The number of fused-ring (bicyclic) bond motifs is 3. The van der Waals surface area contributed by atoms with Crippen molar-refractivity contribution in [2.24, 2.45) is 17.6 Å². The highest BCUT2D eigenvalue weighted by molar-refractivity contribution is 5.40. The molecule has 2 heteroatoms.